The summed E-state index contributed by atoms with van der Waals surface area (Å²) in [7, 11) is -4.40. The Morgan fingerprint density at radius 1 is 1.19 bits per heavy atom. The number of fused-ring (bicyclic) bond motifs is 2. The summed E-state index contributed by atoms with van der Waals surface area (Å²) in [5, 5.41) is 27.1. The van der Waals surface area contributed by atoms with Gasteiger partial charge in [0.05, 0.1) is 31.6 Å². The van der Waals surface area contributed by atoms with Gasteiger partial charge in [-0.1, -0.05) is 12.8 Å². The molecule has 0 saturated carbocycles. The minimum absolute atomic E-state index is 0.0252. The van der Waals surface area contributed by atoms with E-state index >= 15 is 0 Å². The molecule has 3 fully saturated rings. The van der Waals surface area contributed by atoms with Crippen LogP contribution in [0.2, 0.25) is 0 Å². The summed E-state index contributed by atoms with van der Waals surface area (Å²) in [6, 6.07) is 0.238. The number of hydrogen-bond donors (Lipinski definition) is 6. The number of ether oxygens (including phenoxy) is 1. The van der Waals surface area contributed by atoms with Crippen LogP contribution < -0.4 is 16.4 Å². The lowest BCUT2D eigenvalue weighted by Crippen LogP contribution is -2.36. The molecule has 0 aliphatic carbocycles. The lowest BCUT2D eigenvalue weighted by atomic mass is 10.0. The molecule has 37 heavy (non-hydrogen) atoms. The molecule has 5 heterocycles. The van der Waals surface area contributed by atoms with E-state index in [-0.39, 0.29) is 30.5 Å². The third-order valence-corrected chi connectivity index (χ3v) is 9.22. The first kappa shape index (κ1) is 26.6. The summed E-state index contributed by atoms with van der Waals surface area (Å²) in [4.78, 5) is 33.5. The van der Waals surface area contributed by atoms with Crippen molar-refractivity contribution in [1.82, 2.24) is 30.2 Å². The fraction of sp³-hybridized carbons (Fsp3) is 0.700. The molecule has 2 aromatic heterocycles. The molecule has 7 N–H and O–H groups in total. The number of phosphoric ester groups is 1. The number of amides is 2. The van der Waals surface area contributed by atoms with Gasteiger partial charge >= 0.3 is 13.9 Å². The Hall–Kier alpha value is -2.04. The van der Waals surface area contributed by atoms with Gasteiger partial charge < -0.3 is 36.2 Å². The number of imidazole rings is 1. The number of aromatic nitrogens is 4. The number of nitrogens with one attached hydrogen (secondary N) is 2. The molecule has 3 aliphatic heterocycles. The lowest BCUT2D eigenvalue weighted by molar-refractivity contribution is -0.0514. The SMILES string of the molecule is Nc1ncnc2c1ncn2C1OC(COP(=O)(O)OCCCCCC2SCC3NC(=O)NC32)C(O)C1O. The first-order valence-corrected chi connectivity index (χ1v) is 14.5. The molecule has 0 spiro atoms. The number of phosphoric acid groups is 1. The molecule has 8 unspecified atom stereocenters. The summed E-state index contributed by atoms with van der Waals surface area (Å²) in [5.74, 6) is 1.06. The van der Waals surface area contributed by atoms with E-state index in [9.17, 15) is 24.5 Å². The second-order valence-corrected chi connectivity index (χ2v) is 11.9. The van der Waals surface area contributed by atoms with Crippen LogP contribution in [0.15, 0.2) is 12.7 Å². The Labute approximate surface area is 216 Å². The molecule has 2 amide bonds. The van der Waals surface area contributed by atoms with Gasteiger partial charge in [-0.3, -0.25) is 13.6 Å². The first-order valence-electron chi connectivity index (χ1n) is 12.0. The molecular weight excluding hydrogens is 529 g/mol. The van der Waals surface area contributed by atoms with Gasteiger partial charge in [0.15, 0.2) is 17.7 Å². The molecule has 3 saturated heterocycles. The summed E-state index contributed by atoms with van der Waals surface area (Å²) in [5.41, 5.74) is 6.40. The van der Waals surface area contributed by atoms with Crippen LogP contribution in [0.5, 0.6) is 0 Å². The van der Waals surface area contributed by atoms with Crippen molar-refractivity contribution in [3.8, 4) is 0 Å². The number of anilines is 1. The van der Waals surface area contributed by atoms with Gasteiger partial charge in [-0.15, -0.1) is 0 Å². The van der Waals surface area contributed by atoms with Crippen LogP contribution in [-0.4, -0.2) is 95.3 Å². The second kappa shape index (κ2) is 11.0. The van der Waals surface area contributed by atoms with Crippen molar-refractivity contribution in [2.75, 3.05) is 24.7 Å². The number of aliphatic hydroxyl groups is 2. The van der Waals surface area contributed by atoms with Crippen LogP contribution in [0, 0.1) is 0 Å². The Bertz CT molecular complexity index is 1170. The highest BCUT2D eigenvalue weighted by Crippen LogP contribution is 2.44. The number of carbonyl (C=O) groups excluding carboxylic acids is 1. The Balaban J connectivity index is 1.03. The van der Waals surface area contributed by atoms with Crippen LogP contribution >= 0.6 is 19.6 Å². The Morgan fingerprint density at radius 2 is 2.03 bits per heavy atom. The summed E-state index contributed by atoms with van der Waals surface area (Å²) in [6.45, 7) is -0.453. The topological polar surface area (TPSA) is 216 Å². The molecule has 0 aromatic carbocycles. The number of rotatable bonds is 11. The molecule has 3 aliphatic rings. The van der Waals surface area contributed by atoms with E-state index in [0.29, 0.717) is 22.8 Å². The van der Waals surface area contributed by atoms with E-state index in [1.54, 1.807) is 0 Å². The molecular formula is C20H30N7O8PS. The average Bonchev–Trinajstić information content (AvgIpc) is 3.60. The van der Waals surface area contributed by atoms with Gasteiger partial charge in [-0.25, -0.2) is 24.3 Å². The van der Waals surface area contributed by atoms with Crippen molar-refractivity contribution >= 4 is 42.6 Å². The van der Waals surface area contributed by atoms with Crippen molar-refractivity contribution in [1.29, 1.82) is 0 Å². The zero-order valence-corrected chi connectivity index (χ0v) is 21.5. The number of urea groups is 1. The third kappa shape index (κ3) is 5.71. The zero-order valence-electron chi connectivity index (χ0n) is 19.8. The summed E-state index contributed by atoms with van der Waals surface area (Å²) >= 11 is 1.84. The van der Waals surface area contributed by atoms with Crippen molar-refractivity contribution in [2.45, 2.75) is 67.6 Å². The number of nitrogens with zero attached hydrogens (tertiary/aromatic N) is 4. The molecule has 0 bridgehead atoms. The maximum Gasteiger partial charge on any atom is 0.472 e. The van der Waals surface area contributed by atoms with Crippen LogP contribution in [0.25, 0.3) is 11.2 Å². The lowest BCUT2D eigenvalue weighted by Gasteiger charge is -2.18. The van der Waals surface area contributed by atoms with Gasteiger partial charge in [0.1, 0.15) is 30.2 Å². The fourth-order valence-electron chi connectivity index (χ4n) is 4.81. The van der Waals surface area contributed by atoms with E-state index in [0.717, 1.165) is 25.0 Å². The number of nitrogens with two attached hydrogens (primary N) is 1. The van der Waals surface area contributed by atoms with Crippen LogP contribution in [0.3, 0.4) is 0 Å². The molecule has 2 aromatic rings. The maximum atomic E-state index is 12.3. The summed E-state index contributed by atoms with van der Waals surface area (Å²) in [6.07, 6.45) is 0.851. The fourth-order valence-corrected chi connectivity index (χ4v) is 7.12. The molecule has 204 valence electrons. The monoisotopic (exact) mass is 559 g/mol. The van der Waals surface area contributed by atoms with Crippen LogP contribution in [0.1, 0.15) is 31.9 Å². The first-order chi connectivity index (χ1) is 17.7. The standard InChI is InChI=1S/C20H30N7O8PS/c21-17-14-18(23-8-22-17)27(9-24-14)19-16(29)15(28)11(35-19)6-34-36(31,32)33-5-3-1-2-4-12-13-10(7-37-12)25-20(30)26-13/h8-13,15-16,19,28-29H,1-7H2,(H,31,32)(H2,21,22,23)(H2,25,26,30). The van der Waals surface area contributed by atoms with Crippen molar-refractivity contribution in [3.63, 3.8) is 0 Å². The normalized spacial score (nSPS) is 32.8. The van der Waals surface area contributed by atoms with E-state index in [1.165, 1.54) is 17.2 Å². The van der Waals surface area contributed by atoms with E-state index in [1.807, 2.05) is 11.8 Å². The number of aliphatic hydroxyl groups excluding tert-OH is 2. The van der Waals surface area contributed by atoms with Crippen LogP contribution in [0.4, 0.5) is 10.6 Å². The minimum Gasteiger partial charge on any atom is -0.387 e. The maximum absolute atomic E-state index is 12.3. The highest BCUT2D eigenvalue weighted by Gasteiger charge is 2.45. The molecule has 8 atom stereocenters. The van der Waals surface area contributed by atoms with Gasteiger partial charge in [0.2, 0.25) is 0 Å². The van der Waals surface area contributed by atoms with E-state index in [4.69, 9.17) is 19.5 Å². The highest BCUT2D eigenvalue weighted by atomic mass is 32.2. The molecule has 15 nitrogen and oxygen atoms in total. The Morgan fingerprint density at radius 3 is 2.86 bits per heavy atom. The number of thioether (sulfide) groups is 1. The van der Waals surface area contributed by atoms with Gasteiger partial charge in [-0.05, 0) is 12.8 Å². The number of hydrogen-bond acceptors (Lipinski definition) is 12. The minimum atomic E-state index is -4.40. The smallest absolute Gasteiger partial charge is 0.387 e. The summed E-state index contributed by atoms with van der Waals surface area (Å²) < 4.78 is 29.5. The van der Waals surface area contributed by atoms with Crippen molar-refractivity contribution in [2.24, 2.45) is 0 Å². The van der Waals surface area contributed by atoms with E-state index in [2.05, 4.69) is 25.6 Å². The number of nitrogen functional groups attached to an aromatic ring is 1. The van der Waals surface area contributed by atoms with Gasteiger partial charge in [-0.2, -0.15) is 11.8 Å². The quantitative estimate of drug-likeness (QED) is 0.120. The van der Waals surface area contributed by atoms with Gasteiger partial charge in [0.25, 0.3) is 0 Å². The van der Waals surface area contributed by atoms with E-state index < -0.39 is 39.0 Å². The molecule has 0 radical (unpaired) electrons. The largest absolute Gasteiger partial charge is 0.472 e. The van der Waals surface area contributed by atoms with Crippen LogP contribution in [-0.2, 0) is 18.3 Å². The van der Waals surface area contributed by atoms with Gasteiger partial charge in [0, 0.05) is 11.0 Å². The zero-order chi connectivity index (χ0) is 26.2. The highest BCUT2D eigenvalue weighted by molar-refractivity contribution is 8.00. The predicted octanol–water partition coefficient (Wildman–Crippen LogP) is -0.113. The number of unbranched alkanes of at least 4 members (excludes halogenated alkanes) is 2. The predicted molar refractivity (Wildman–Crippen MR) is 131 cm³/mol. The molecule has 5 rings (SSSR count). The second-order valence-electron chi connectivity index (χ2n) is 9.20. The van der Waals surface area contributed by atoms with Crippen molar-refractivity contribution < 1.29 is 38.3 Å². The Kier molecular flexibility index (Phi) is 7.88. The molecule has 17 heteroatoms. The average molecular weight is 560 g/mol. The number of carbonyl (C=O) groups is 1. The van der Waals surface area contributed by atoms with Crippen molar-refractivity contribution in [3.05, 3.63) is 12.7 Å². The third-order valence-electron chi connectivity index (χ3n) is 6.73.